The number of aromatic nitrogens is 5. The van der Waals surface area contributed by atoms with Crippen molar-refractivity contribution in [2.75, 3.05) is 11.1 Å². The molecule has 8 nitrogen and oxygen atoms in total. The van der Waals surface area contributed by atoms with Gasteiger partial charge in [0.25, 0.3) is 0 Å². The fraction of sp³-hybridized carbons (Fsp3) is 0.0870. The highest BCUT2D eigenvalue weighted by atomic mass is 32.1. The largest absolute Gasteiger partial charge is 0.382 e. The molecule has 0 aliphatic rings. The molecule has 0 radical (unpaired) electrons. The fourth-order valence-electron chi connectivity index (χ4n) is 3.53. The summed E-state index contributed by atoms with van der Waals surface area (Å²) in [5.74, 6) is -0.384. The lowest BCUT2D eigenvalue weighted by atomic mass is 10.1. The Balaban J connectivity index is 1.45. The third kappa shape index (κ3) is 4.03. The molecule has 2 aromatic carbocycles. The van der Waals surface area contributed by atoms with Gasteiger partial charge in [-0.25, -0.2) is 24.3 Å². The van der Waals surface area contributed by atoms with Crippen LogP contribution in [-0.2, 0) is 18.3 Å². The van der Waals surface area contributed by atoms with Crippen LogP contribution in [-0.4, -0.2) is 30.4 Å². The molecular weight excluding hydrogens is 441 g/mol. The summed E-state index contributed by atoms with van der Waals surface area (Å²) in [6.07, 6.45) is 3.06. The molecule has 0 saturated heterocycles. The first-order valence-corrected chi connectivity index (χ1v) is 10.8. The van der Waals surface area contributed by atoms with Gasteiger partial charge in [0.05, 0.1) is 18.4 Å². The number of thiazole rings is 1. The van der Waals surface area contributed by atoms with Gasteiger partial charge in [-0.15, -0.1) is 0 Å². The Morgan fingerprint density at radius 1 is 1.15 bits per heavy atom. The van der Waals surface area contributed by atoms with Crippen molar-refractivity contribution in [3.8, 4) is 22.0 Å². The van der Waals surface area contributed by atoms with E-state index >= 15 is 0 Å². The highest BCUT2D eigenvalue weighted by molar-refractivity contribution is 7.21. The molecule has 164 valence electrons. The number of anilines is 2. The van der Waals surface area contributed by atoms with Crippen LogP contribution in [0.15, 0.2) is 61.2 Å². The van der Waals surface area contributed by atoms with Crippen molar-refractivity contribution in [1.29, 1.82) is 0 Å². The van der Waals surface area contributed by atoms with Crippen LogP contribution in [0.5, 0.6) is 0 Å². The molecule has 10 heteroatoms. The molecule has 3 aromatic heterocycles. The lowest BCUT2D eigenvalue weighted by Gasteiger charge is -2.08. The molecule has 3 heterocycles. The molecule has 0 aliphatic heterocycles. The average molecular weight is 460 g/mol. The smallest absolute Gasteiger partial charge is 0.228 e. The topological polar surface area (TPSA) is 112 Å². The molecule has 0 unspecified atom stereocenters. The van der Waals surface area contributed by atoms with E-state index in [1.165, 1.54) is 23.7 Å². The molecule has 33 heavy (non-hydrogen) atoms. The second-order valence-corrected chi connectivity index (χ2v) is 8.36. The van der Waals surface area contributed by atoms with E-state index < -0.39 is 5.82 Å². The average Bonchev–Trinajstić information content (AvgIpc) is 3.39. The van der Waals surface area contributed by atoms with Crippen LogP contribution in [0.2, 0.25) is 0 Å². The molecule has 5 aromatic rings. The Hall–Kier alpha value is -4.18. The number of rotatable bonds is 5. The number of aryl methyl sites for hydroxylation is 1. The third-order valence-electron chi connectivity index (χ3n) is 5.09. The number of nitrogen functional groups attached to an aromatic ring is 1. The van der Waals surface area contributed by atoms with E-state index in [1.807, 2.05) is 29.8 Å². The number of fused-ring (bicyclic) bond motifs is 1. The molecule has 0 bridgehead atoms. The Kier molecular flexibility index (Phi) is 5.27. The first kappa shape index (κ1) is 20.7. The van der Waals surface area contributed by atoms with Crippen LogP contribution in [0.3, 0.4) is 0 Å². The Morgan fingerprint density at radius 2 is 2.00 bits per heavy atom. The maximum atomic E-state index is 13.9. The summed E-state index contributed by atoms with van der Waals surface area (Å²) in [7, 11) is 1.88. The SMILES string of the molecule is Cn1cnc(-c2cccc(NC(=O)Cc3ccccc3F)c2)c1-c1nc2c(N)ncnc2s1. The molecule has 0 aliphatic carbocycles. The van der Waals surface area contributed by atoms with Gasteiger partial charge in [-0.2, -0.15) is 0 Å². The summed E-state index contributed by atoms with van der Waals surface area (Å²) < 4.78 is 15.7. The molecule has 5 rings (SSSR count). The highest BCUT2D eigenvalue weighted by Crippen LogP contribution is 2.36. The highest BCUT2D eigenvalue weighted by Gasteiger charge is 2.19. The summed E-state index contributed by atoms with van der Waals surface area (Å²) in [6, 6.07) is 13.6. The predicted molar refractivity (Wildman–Crippen MR) is 126 cm³/mol. The Bertz CT molecular complexity index is 1490. The first-order chi connectivity index (χ1) is 16.0. The minimum absolute atomic E-state index is 0.0557. The number of halogens is 1. The molecule has 0 spiro atoms. The van der Waals surface area contributed by atoms with Gasteiger partial charge in [0.2, 0.25) is 5.91 Å². The van der Waals surface area contributed by atoms with Crippen LogP contribution < -0.4 is 11.1 Å². The maximum absolute atomic E-state index is 13.9. The van der Waals surface area contributed by atoms with Crippen LogP contribution in [0.4, 0.5) is 15.9 Å². The summed E-state index contributed by atoms with van der Waals surface area (Å²) in [4.78, 5) is 30.6. The van der Waals surface area contributed by atoms with Gasteiger partial charge < -0.3 is 15.6 Å². The Morgan fingerprint density at radius 3 is 2.82 bits per heavy atom. The number of amides is 1. The van der Waals surface area contributed by atoms with Crippen molar-refractivity contribution < 1.29 is 9.18 Å². The molecule has 0 atom stereocenters. The summed E-state index contributed by atoms with van der Waals surface area (Å²) in [5.41, 5.74) is 9.73. The van der Waals surface area contributed by atoms with Gasteiger partial charge in [-0.05, 0) is 23.8 Å². The van der Waals surface area contributed by atoms with Gasteiger partial charge >= 0.3 is 0 Å². The molecule has 0 fully saturated rings. The number of carbonyl (C=O) groups is 1. The van der Waals surface area contributed by atoms with Gasteiger partial charge in [-0.1, -0.05) is 41.7 Å². The number of imidazole rings is 1. The zero-order chi connectivity index (χ0) is 22.9. The Labute approximate surface area is 192 Å². The van der Waals surface area contributed by atoms with Gasteiger partial charge in [-0.3, -0.25) is 4.79 Å². The zero-order valence-corrected chi connectivity index (χ0v) is 18.3. The second-order valence-electron chi connectivity index (χ2n) is 7.38. The first-order valence-electron chi connectivity index (χ1n) is 10.0. The van der Waals surface area contributed by atoms with Crippen molar-refractivity contribution in [2.45, 2.75) is 6.42 Å². The molecule has 1 amide bonds. The lowest BCUT2D eigenvalue weighted by molar-refractivity contribution is -0.115. The van der Waals surface area contributed by atoms with E-state index in [9.17, 15) is 9.18 Å². The van der Waals surface area contributed by atoms with E-state index in [0.29, 0.717) is 38.1 Å². The number of nitrogens with two attached hydrogens (primary N) is 1. The molecular formula is C23H18FN7OS. The van der Waals surface area contributed by atoms with Gasteiger partial charge in [0.15, 0.2) is 5.82 Å². The minimum atomic E-state index is -0.402. The number of nitrogens with one attached hydrogen (secondary N) is 1. The number of benzene rings is 2. The number of hydrogen-bond acceptors (Lipinski definition) is 7. The van der Waals surface area contributed by atoms with E-state index in [-0.39, 0.29) is 12.3 Å². The second kappa shape index (κ2) is 8.40. The van der Waals surface area contributed by atoms with Crippen molar-refractivity contribution in [3.63, 3.8) is 0 Å². The van der Waals surface area contributed by atoms with Crippen molar-refractivity contribution in [2.24, 2.45) is 7.05 Å². The molecule has 0 saturated carbocycles. The van der Waals surface area contributed by atoms with Crippen molar-refractivity contribution >= 4 is 39.1 Å². The monoisotopic (exact) mass is 459 g/mol. The van der Waals surface area contributed by atoms with Crippen molar-refractivity contribution in [1.82, 2.24) is 24.5 Å². The van der Waals surface area contributed by atoms with Crippen molar-refractivity contribution in [3.05, 3.63) is 72.6 Å². The van der Waals surface area contributed by atoms with Gasteiger partial charge in [0.1, 0.15) is 33.2 Å². The number of hydrogen-bond donors (Lipinski definition) is 2. The maximum Gasteiger partial charge on any atom is 0.228 e. The molecule has 3 N–H and O–H groups in total. The minimum Gasteiger partial charge on any atom is -0.382 e. The third-order valence-corrected chi connectivity index (χ3v) is 6.06. The van der Waals surface area contributed by atoms with Crippen LogP contribution in [0.25, 0.3) is 32.3 Å². The van der Waals surface area contributed by atoms with E-state index in [0.717, 1.165) is 11.3 Å². The fourth-order valence-corrected chi connectivity index (χ4v) is 4.53. The normalized spacial score (nSPS) is 11.1. The quantitative estimate of drug-likeness (QED) is 0.410. The summed E-state index contributed by atoms with van der Waals surface area (Å²) >= 11 is 1.40. The van der Waals surface area contributed by atoms with E-state index in [4.69, 9.17) is 5.73 Å². The predicted octanol–water partition coefficient (Wildman–Crippen LogP) is 4.06. The lowest BCUT2D eigenvalue weighted by Crippen LogP contribution is -2.15. The summed E-state index contributed by atoms with van der Waals surface area (Å²) in [5, 5.41) is 3.54. The summed E-state index contributed by atoms with van der Waals surface area (Å²) in [6.45, 7) is 0. The van der Waals surface area contributed by atoms with Gasteiger partial charge in [0, 0.05) is 18.3 Å². The van der Waals surface area contributed by atoms with Crippen LogP contribution >= 0.6 is 11.3 Å². The number of carbonyl (C=O) groups excluding carboxylic acids is 1. The number of nitrogens with zero attached hydrogens (tertiary/aromatic N) is 5. The van der Waals surface area contributed by atoms with E-state index in [2.05, 4.69) is 25.3 Å². The van der Waals surface area contributed by atoms with Crippen LogP contribution in [0.1, 0.15) is 5.56 Å². The van der Waals surface area contributed by atoms with E-state index in [1.54, 1.807) is 30.6 Å². The zero-order valence-electron chi connectivity index (χ0n) is 17.5. The standard InChI is InChI=1S/C23H18FN7OS/c1-31-12-28-18(20(31)23-30-19-21(25)26-11-27-22(19)33-23)14-6-4-7-15(9-14)29-17(32)10-13-5-2-3-8-16(13)24/h2-9,11-12H,10H2,1H3,(H,29,32)(H2,25,26,27). The van der Waals surface area contributed by atoms with Crippen LogP contribution in [0, 0.1) is 5.82 Å².